The van der Waals surface area contributed by atoms with Crippen molar-refractivity contribution in [2.24, 2.45) is 0 Å². The van der Waals surface area contributed by atoms with Gasteiger partial charge in [-0.05, 0) is 6.42 Å². The lowest BCUT2D eigenvalue weighted by Crippen LogP contribution is -2.06. The molecule has 2 nitrogen and oxygen atoms in total. The topological polar surface area (TPSA) is 37.3 Å². The number of rotatable bonds is 14. The Balaban J connectivity index is 2.96. The Morgan fingerprint density at radius 2 is 1.17 bits per heavy atom. The molecule has 0 aromatic rings. The van der Waals surface area contributed by atoms with Crippen molar-refractivity contribution in [3.8, 4) is 0 Å². The molecule has 107 valence electrons. The third-order valence-electron chi connectivity index (χ3n) is 3.47. The molecule has 0 rings (SSSR count). The molecule has 1 N–H and O–H groups in total. The highest BCUT2D eigenvalue weighted by molar-refractivity contribution is 5.56. The lowest BCUT2D eigenvalue weighted by molar-refractivity contribution is 0.219. The van der Waals surface area contributed by atoms with E-state index in [2.05, 4.69) is 6.92 Å². The first kappa shape index (κ1) is 17.6. The summed E-state index contributed by atoms with van der Waals surface area (Å²) in [6, 6.07) is 0. The number of unbranched alkanes of at least 4 members (excludes halogenated alkanes) is 11. The summed E-state index contributed by atoms with van der Waals surface area (Å²) in [4.78, 5) is 10.1. The maximum absolute atomic E-state index is 10.1. The van der Waals surface area contributed by atoms with E-state index in [1.165, 1.54) is 64.2 Å². The van der Waals surface area contributed by atoms with Crippen LogP contribution in [-0.2, 0) is 4.79 Å². The number of carbonyl (C=O) groups excluding carboxylic acids is 1. The van der Waals surface area contributed by atoms with Gasteiger partial charge in [0.15, 0.2) is 0 Å². The summed E-state index contributed by atoms with van der Waals surface area (Å²) in [5.41, 5.74) is 0. The summed E-state index contributed by atoms with van der Waals surface area (Å²) in [5, 5.41) is 9.00. The predicted octanol–water partition coefficient (Wildman–Crippen LogP) is 4.55. The average Bonchev–Trinajstić information content (AvgIpc) is 2.39. The second-order valence-corrected chi connectivity index (χ2v) is 5.31. The zero-order valence-electron chi connectivity index (χ0n) is 12.1. The first-order chi connectivity index (χ1) is 8.81. The zero-order chi connectivity index (χ0) is 13.5. The molecule has 0 heterocycles. The highest BCUT2D eigenvalue weighted by atomic mass is 16.3. The third-order valence-corrected chi connectivity index (χ3v) is 3.47. The first-order valence-electron chi connectivity index (χ1n) is 7.87. The second kappa shape index (κ2) is 14.7. The molecule has 1 unspecified atom stereocenters. The molecule has 0 bridgehead atoms. The molecule has 1 atom stereocenters. The fourth-order valence-corrected chi connectivity index (χ4v) is 2.24. The van der Waals surface area contributed by atoms with Crippen LogP contribution < -0.4 is 0 Å². The van der Waals surface area contributed by atoms with Crippen molar-refractivity contribution in [2.75, 3.05) is 0 Å². The van der Waals surface area contributed by atoms with Crippen molar-refractivity contribution in [2.45, 2.75) is 96.5 Å². The van der Waals surface area contributed by atoms with E-state index >= 15 is 0 Å². The van der Waals surface area contributed by atoms with Gasteiger partial charge in [0.05, 0.1) is 0 Å². The van der Waals surface area contributed by atoms with Gasteiger partial charge in [0.1, 0.15) is 6.10 Å². The smallest absolute Gasteiger partial charge is 0.229 e. The van der Waals surface area contributed by atoms with Gasteiger partial charge in [-0.25, -0.2) is 0 Å². The van der Waals surface area contributed by atoms with Gasteiger partial charge in [-0.15, -0.1) is 0 Å². The molecule has 0 aliphatic heterocycles. The summed E-state index contributed by atoms with van der Waals surface area (Å²) >= 11 is 0. The fourth-order valence-electron chi connectivity index (χ4n) is 2.24. The van der Waals surface area contributed by atoms with Crippen LogP contribution in [0.5, 0.6) is 0 Å². The second-order valence-electron chi connectivity index (χ2n) is 5.31. The van der Waals surface area contributed by atoms with Crippen LogP contribution in [-0.4, -0.2) is 17.5 Å². The Labute approximate surface area is 113 Å². The normalized spacial score (nSPS) is 12.6. The molecule has 0 aromatic heterocycles. The quantitative estimate of drug-likeness (QED) is 0.462. The lowest BCUT2D eigenvalue weighted by atomic mass is 10.0. The van der Waals surface area contributed by atoms with E-state index in [9.17, 15) is 4.79 Å². The van der Waals surface area contributed by atoms with Crippen molar-refractivity contribution in [3.63, 3.8) is 0 Å². The maximum atomic E-state index is 10.1. The van der Waals surface area contributed by atoms with Gasteiger partial charge in [-0.3, -0.25) is 4.79 Å². The maximum Gasteiger partial charge on any atom is 0.229 e. The largest absolute Gasteiger partial charge is 0.385 e. The Bertz CT molecular complexity index is 168. The van der Waals surface area contributed by atoms with Crippen LogP contribution in [0.4, 0.5) is 0 Å². The Morgan fingerprint density at radius 3 is 1.56 bits per heavy atom. The van der Waals surface area contributed by atoms with Crippen LogP contribution in [0, 0.1) is 0 Å². The summed E-state index contributed by atoms with van der Waals surface area (Å²) in [6.07, 6.45) is 17.0. The van der Waals surface area contributed by atoms with Gasteiger partial charge in [-0.1, -0.05) is 84.0 Å². The molecular formula is C16H31O2. The van der Waals surface area contributed by atoms with Crippen molar-refractivity contribution >= 4 is 6.29 Å². The van der Waals surface area contributed by atoms with Gasteiger partial charge in [0.2, 0.25) is 6.29 Å². The summed E-state index contributed by atoms with van der Waals surface area (Å²) in [5.74, 6) is 0. The first-order valence-corrected chi connectivity index (χ1v) is 7.87. The van der Waals surface area contributed by atoms with Crippen molar-refractivity contribution in [1.29, 1.82) is 0 Å². The lowest BCUT2D eigenvalue weighted by Gasteiger charge is -2.03. The van der Waals surface area contributed by atoms with Crippen LogP contribution >= 0.6 is 0 Å². The van der Waals surface area contributed by atoms with E-state index < -0.39 is 6.10 Å². The van der Waals surface area contributed by atoms with Crippen LogP contribution in [0.2, 0.25) is 0 Å². The number of hydrogen-bond donors (Lipinski definition) is 1. The molecule has 0 saturated carbocycles. The predicted molar refractivity (Wildman–Crippen MR) is 77.4 cm³/mol. The van der Waals surface area contributed by atoms with Crippen LogP contribution in [0.1, 0.15) is 90.4 Å². The molecule has 0 spiro atoms. The number of aliphatic hydroxyl groups excluding tert-OH is 1. The molecular weight excluding hydrogens is 224 g/mol. The van der Waals surface area contributed by atoms with Crippen LogP contribution in [0.15, 0.2) is 0 Å². The Morgan fingerprint density at radius 1 is 0.778 bits per heavy atom. The van der Waals surface area contributed by atoms with E-state index in [0.717, 1.165) is 12.8 Å². The van der Waals surface area contributed by atoms with Gasteiger partial charge >= 0.3 is 0 Å². The molecule has 0 saturated heterocycles. The molecule has 2 heteroatoms. The molecule has 0 aromatic carbocycles. The van der Waals surface area contributed by atoms with Gasteiger partial charge in [0.25, 0.3) is 0 Å². The van der Waals surface area contributed by atoms with E-state index in [1.807, 2.05) is 0 Å². The van der Waals surface area contributed by atoms with E-state index in [0.29, 0.717) is 6.42 Å². The summed E-state index contributed by atoms with van der Waals surface area (Å²) < 4.78 is 0. The van der Waals surface area contributed by atoms with Crippen molar-refractivity contribution in [1.82, 2.24) is 0 Å². The zero-order valence-corrected chi connectivity index (χ0v) is 12.1. The Hall–Kier alpha value is -0.370. The number of aliphatic hydroxyl groups is 1. The monoisotopic (exact) mass is 255 g/mol. The fraction of sp³-hybridized carbons (Fsp3) is 0.938. The van der Waals surface area contributed by atoms with E-state index in [1.54, 1.807) is 6.29 Å². The Kier molecular flexibility index (Phi) is 14.4. The molecule has 1 radical (unpaired) electrons. The molecule has 18 heavy (non-hydrogen) atoms. The minimum absolute atomic E-state index is 0.584. The van der Waals surface area contributed by atoms with Gasteiger partial charge in [0, 0.05) is 0 Å². The summed E-state index contributed by atoms with van der Waals surface area (Å²) in [6.45, 7) is 2.26. The highest BCUT2D eigenvalue weighted by Gasteiger charge is 2.01. The summed E-state index contributed by atoms with van der Waals surface area (Å²) in [7, 11) is 0. The van der Waals surface area contributed by atoms with Crippen LogP contribution in [0.25, 0.3) is 0 Å². The minimum atomic E-state index is -0.854. The van der Waals surface area contributed by atoms with Crippen molar-refractivity contribution in [3.05, 3.63) is 0 Å². The van der Waals surface area contributed by atoms with E-state index in [-0.39, 0.29) is 0 Å². The SMILES string of the molecule is CCCCCCCCCCCCCCC(O)[C]=O. The third kappa shape index (κ3) is 13.7. The molecule has 0 aliphatic carbocycles. The standard InChI is InChI=1S/C16H31O2/c1-2-3-4-5-6-7-8-9-10-11-12-13-14-16(18)15-17/h16,18H,2-14H2,1H3. The van der Waals surface area contributed by atoms with E-state index in [4.69, 9.17) is 5.11 Å². The van der Waals surface area contributed by atoms with Crippen LogP contribution in [0.3, 0.4) is 0 Å². The molecule has 0 fully saturated rings. The average molecular weight is 255 g/mol. The van der Waals surface area contributed by atoms with Gasteiger partial charge < -0.3 is 5.11 Å². The van der Waals surface area contributed by atoms with Crippen molar-refractivity contribution < 1.29 is 9.90 Å². The minimum Gasteiger partial charge on any atom is -0.385 e. The molecule has 0 aliphatic rings. The van der Waals surface area contributed by atoms with Gasteiger partial charge in [-0.2, -0.15) is 0 Å². The molecule has 0 amide bonds. The number of hydrogen-bond acceptors (Lipinski definition) is 2. The highest BCUT2D eigenvalue weighted by Crippen LogP contribution is 2.12.